The average molecular weight is 379 g/mol. The molecule has 27 heavy (non-hydrogen) atoms. The number of hydrogen-bond donors (Lipinski definition) is 3. The largest absolute Gasteiger partial charge is 0.405 e. The summed E-state index contributed by atoms with van der Waals surface area (Å²) in [5.74, 6) is -0.0673. The van der Waals surface area contributed by atoms with Gasteiger partial charge in [0.15, 0.2) is 5.82 Å². The van der Waals surface area contributed by atoms with Crippen LogP contribution >= 0.6 is 0 Å². The van der Waals surface area contributed by atoms with E-state index >= 15 is 0 Å². The Balaban J connectivity index is 1.78. The maximum Gasteiger partial charge on any atom is 0.405 e. The van der Waals surface area contributed by atoms with Gasteiger partial charge in [-0.25, -0.2) is 19.9 Å². The van der Waals surface area contributed by atoms with Crippen molar-refractivity contribution in [2.75, 3.05) is 11.9 Å². The number of H-pyrrole nitrogens is 1. The molecule has 3 aromatic heterocycles. The highest BCUT2D eigenvalue weighted by molar-refractivity contribution is 5.91. The zero-order valence-electron chi connectivity index (χ0n) is 14.2. The fraction of sp³-hybridized carbons (Fsp3) is 0.312. The number of alkyl halides is 3. The van der Waals surface area contributed by atoms with Gasteiger partial charge in [-0.15, -0.1) is 0 Å². The summed E-state index contributed by atoms with van der Waals surface area (Å²) < 4.78 is 36.8. The molecule has 3 aromatic rings. The van der Waals surface area contributed by atoms with Crippen LogP contribution in [0.5, 0.6) is 0 Å². The highest BCUT2D eigenvalue weighted by Gasteiger charge is 2.29. The van der Waals surface area contributed by atoms with Crippen LogP contribution in [0.2, 0.25) is 0 Å². The van der Waals surface area contributed by atoms with E-state index in [1.807, 2.05) is 5.32 Å². The Hall–Kier alpha value is -3.24. The topological polar surface area (TPSA) is 108 Å². The first kappa shape index (κ1) is 18.5. The van der Waals surface area contributed by atoms with Crippen LogP contribution in [-0.2, 0) is 4.79 Å². The second-order valence-corrected chi connectivity index (χ2v) is 5.69. The molecule has 0 saturated carbocycles. The van der Waals surface area contributed by atoms with Crippen LogP contribution < -0.4 is 10.6 Å². The van der Waals surface area contributed by atoms with Gasteiger partial charge < -0.3 is 15.6 Å². The number of carbonyl (C=O) groups is 1. The number of anilines is 1. The summed E-state index contributed by atoms with van der Waals surface area (Å²) in [7, 11) is 0. The van der Waals surface area contributed by atoms with Gasteiger partial charge in [0.2, 0.25) is 5.91 Å². The average Bonchev–Trinajstić information content (AvgIpc) is 3.08. The van der Waals surface area contributed by atoms with Gasteiger partial charge in [0.05, 0.1) is 0 Å². The second kappa shape index (κ2) is 7.56. The van der Waals surface area contributed by atoms with Gasteiger partial charge in [-0.3, -0.25) is 4.79 Å². The number of nitrogens with one attached hydrogen (secondary N) is 3. The molecule has 3 heterocycles. The lowest BCUT2D eigenvalue weighted by Gasteiger charge is -2.18. The molecule has 1 atom stereocenters. The van der Waals surface area contributed by atoms with Gasteiger partial charge in [-0.05, 0) is 12.5 Å². The quantitative estimate of drug-likeness (QED) is 0.606. The van der Waals surface area contributed by atoms with E-state index in [0.717, 1.165) is 5.39 Å². The number of nitrogens with zero attached hydrogens (tertiary/aromatic N) is 4. The lowest BCUT2D eigenvalue weighted by atomic mass is 10.2. The first-order chi connectivity index (χ1) is 12.9. The number of hydrogen-bond acceptors (Lipinski definition) is 6. The molecule has 0 spiro atoms. The molecule has 1 amide bonds. The Bertz CT molecular complexity index is 941. The molecule has 142 valence electrons. The van der Waals surface area contributed by atoms with Gasteiger partial charge in [-0.2, -0.15) is 13.2 Å². The van der Waals surface area contributed by atoms with E-state index < -0.39 is 24.7 Å². The smallest absolute Gasteiger partial charge is 0.358 e. The zero-order chi connectivity index (χ0) is 19.4. The molecule has 0 aliphatic rings. The first-order valence-electron chi connectivity index (χ1n) is 8.09. The highest BCUT2D eigenvalue weighted by atomic mass is 19.4. The standard InChI is InChI=1S/C16H16F3N7O/c1-2-11(15(27)23-7-16(17,18)19)25-12-3-4-21-14(26-12)10-6-22-13-9(10)5-20-8-24-13/h3-6,8,11H,2,7H2,1H3,(H,23,27)(H,20,22,24)(H,21,25,26)/t11-/m1/s1. The molecule has 8 nitrogen and oxygen atoms in total. The fourth-order valence-corrected chi connectivity index (χ4v) is 2.46. The van der Waals surface area contributed by atoms with Crippen LogP contribution in [-0.4, -0.2) is 49.6 Å². The van der Waals surface area contributed by atoms with Crippen molar-refractivity contribution < 1.29 is 18.0 Å². The zero-order valence-corrected chi connectivity index (χ0v) is 14.2. The van der Waals surface area contributed by atoms with E-state index in [0.29, 0.717) is 22.9 Å². The third kappa shape index (κ3) is 4.49. The number of rotatable bonds is 6. The number of carbonyl (C=O) groups excluding carboxylic acids is 1. The minimum Gasteiger partial charge on any atom is -0.358 e. The minimum atomic E-state index is -4.46. The number of aromatic amines is 1. The van der Waals surface area contributed by atoms with E-state index in [2.05, 4.69) is 30.2 Å². The molecule has 0 aliphatic carbocycles. The molecule has 11 heteroatoms. The van der Waals surface area contributed by atoms with Gasteiger partial charge in [0.1, 0.15) is 30.4 Å². The normalized spacial score (nSPS) is 12.7. The fourth-order valence-electron chi connectivity index (χ4n) is 2.46. The Morgan fingerprint density at radius 2 is 2.15 bits per heavy atom. The number of halogens is 3. The van der Waals surface area contributed by atoms with Crippen molar-refractivity contribution in [3.05, 3.63) is 31.0 Å². The number of amides is 1. The summed E-state index contributed by atoms with van der Waals surface area (Å²) in [4.78, 5) is 31.6. The second-order valence-electron chi connectivity index (χ2n) is 5.69. The molecule has 3 N–H and O–H groups in total. The molecule has 0 saturated heterocycles. The molecular weight excluding hydrogens is 363 g/mol. The molecule has 0 radical (unpaired) electrons. The lowest BCUT2D eigenvalue weighted by Crippen LogP contribution is -2.43. The summed E-state index contributed by atoms with van der Waals surface area (Å²) >= 11 is 0. The Morgan fingerprint density at radius 3 is 2.89 bits per heavy atom. The predicted octanol–water partition coefficient (Wildman–Crippen LogP) is 2.28. The Kier molecular flexibility index (Phi) is 5.19. The van der Waals surface area contributed by atoms with Crippen molar-refractivity contribution in [1.29, 1.82) is 0 Å². The predicted molar refractivity (Wildman–Crippen MR) is 91.7 cm³/mol. The third-order valence-electron chi connectivity index (χ3n) is 3.76. The van der Waals surface area contributed by atoms with Crippen molar-refractivity contribution in [3.63, 3.8) is 0 Å². The molecule has 0 unspecified atom stereocenters. The van der Waals surface area contributed by atoms with E-state index in [1.54, 1.807) is 19.3 Å². The summed E-state index contributed by atoms with van der Waals surface area (Å²) in [5, 5.41) is 5.44. The monoisotopic (exact) mass is 379 g/mol. The molecule has 0 aliphatic heterocycles. The van der Waals surface area contributed by atoms with Gasteiger partial charge in [-0.1, -0.05) is 6.92 Å². The first-order valence-corrected chi connectivity index (χ1v) is 8.09. The Labute approximate surface area is 151 Å². The van der Waals surface area contributed by atoms with E-state index in [9.17, 15) is 18.0 Å². The lowest BCUT2D eigenvalue weighted by molar-refractivity contribution is -0.138. The van der Waals surface area contributed by atoms with Gasteiger partial charge in [0.25, 0.3) is 0 Å². The number of aromatic nitrogens is 5. The number of fused-ring (bicyclic) bond motifs is 1. The van der Waals surface area contributed by atoms with E-state index in [1.165, 1.54) is 18.6 Å². The third-order valence-corrected chi connectivity index (χ3v) is 3.76. The molecule has 0 aromatic carbocycles. The summed E-state index contributed by atoms with van der Waals surface area (Å²) in [6.07, 6.45) is 2.03. The van der Waals surface area contributed by atoms with Crippen molar-refractivity contribution >= 4 is 22.8 Å². The minimum absolute atomic E-state index is 0.282. The van der Waals surface area contributed by atoms with Crippen molar-refractivity contribution in [2.45, 2.75) is 25.6 Å². The van der Waals surface area contributed by atoms with Crippen LogP contribution in [0.4, 0.5) is 19.0 Å². The maximum atomic E-state index is 12.3. The van der Waals surface area contributed by atoms with Crippen LogP contribution in [0.1, 0.15) is 13.3 Å². The van der Waals surface area contributed by atoms with E-state index in [4.69, 9.17) is 0 Å². The Morgan fingerprint density at radius 1 is 1.33 bits per heavy atom. The van der Waals surface area contributed by atoms with Crippen LogP contribution in [0.3, 0.4) is 0 Å². The van der Waals surface area contributed by atoms with Crippen LogP contribution in [0.25, 0.3) is 22.4 Å². The summed E-state index contributed by atoms with van der Waals surface area (Å²) in [6, 6.07) is 0.676. The van der Waals surface area contributed by atoms with Crippen molar-refractivity contribution in [3.8, 4) is 11.4 Å². The molecular formula is C16H16F3N7O. The molecule has 0 bridgehead atoms. The SMILES string of the molecule is CC[C@@H](Nc1ccnc(-c2c[nH]c3ncncc23)n1)C(=O)NCC(F)(F)F. The van der Waals surface area contributed by atoms with E-state index in [-0.39, 0.29) is 6.42 Å². The van der Waals surface area contributed by atoms with Gasteiger partial charge in [0, 0.05) is 29.5 Å². The highest BCUT2D eigenvalue weighted by Crippen LogP contribution is 2.24. The van der Waals surface area contributed by atoms with Crippen molar-refractivity contribution in [2.24, 2.45) is 0 Å². The summed E-state index contributed by atoms with van der Waals surface area (Å²) in [6.45, 7) is 0.304. The van der Waals surface area contributed by atoms with Crippen LogP contribution in [0, 0.1) is 0 Å². The van der Waals surface area contributed by atoms with Crippen molar-refractivity contribution in [1.82, 2.24) is 30.2 Å². The molecule has 3 rings (SSSR count). The maximum absolute atomic E-state index is 12.3. The van der Waals surface area contributed by atoms with Crippen LogP contribution in [0.15, 0.2) is 31.0 Å². The molecule has 0 fully saturated rings. The van der Waals surface area contributed by atoms with Gasteiger partial charge >= 0.3 is 6.18 Å². The summed E-state index contributed by atoms with van der Waals surface area (Å²) in [5.41, 5.74) is 1.30.